The Balaban J connectivity index is 0.000000424. The first-order chi connectivity index (χ1) is 6.24. The Morgan fingerprint density at radius 3 is 2.08 bits per heavy atom. The molecule has 74 valence electrons. The topological polar surface area (TPSA) is 66.5 Å². The van der Waals surface area contributed by atoms with Gasteiger partial charge in [0.05, 0.1) is 0 Å². The summed E-state index contributed by atoms with van der Waals surface area (Å²) >= 11 is 0. The first-order valence-corrected chi connectivity index (χ1v) is 4.33. The molecule has 1 rings (SSSR count). The van der Waals surface area contributed by atoms with Crippen LogP contribution in [0.5, 0.6) is 5.75 Å². The molecule has 0 aliphatic rings. The van der Waals surface area contributed by atoms with Crippen molar-refractivity contribution >= 4 is 0 Å². The second-order valence-corrected chi connectivity index (χ2v) is 2.52. The number of aliphatic hydroxyl groups excluding tert-OH is 1. The number of phenols is 1. The van der Waals surface area contributed by atoms with Crippen molar-refractivity contribution in [2.45, 2.75) is 13.3 Å². The van der Waals surface area contributed by atoms with Crippen molar-refractivity contribution in [3.63, 3.8) is 0 Å². The Kier molecular flexibility index (Phi) is 6.96. The largest absolute Gasteiger partial charge is 0.508 e. The van der Waals surface area contributed by atoms with E-state index in [1.54, 1.807) is 19.1 Å². The van der Waals surface area contributed by atoms with Crippen LogP contribution in [0.3, 0.4) is 0 Å². The SMILES string of the molecule is CCO.NCCc1ccc(O)cc1. The third kappa shape index (κ3) is 6.13. The van der Waals surface area contributed by atoms with Gasteiger partial charge in [0.15, 0.2) is 0 Å². The van der Waals surface area contributed by atoms with E-state index in [0.29, 0.717) is 12.3 Å². The minimum absolute atomic E-state index is 0.250. The van der Waals surface area contributed by atoms with Crippen molar-refractivity contribution in [1.29, 1.82) is 0 Å². The summed E-state index contributed by atoms with van der Waals surface area (Å²) in [7, 11) is 0. The highest BCUT2D eigenvalue weighted by Gasteiger charge is 1.89. The summed E-state index contributed by atoms with van der Waals surface area (Å²) in [6.07, 6.45) is 0.875. The lowest BCUT2D eigenvalue weighted by Gasteiger charge is -1.96. The second kappa shape index (κ2) is 7.58. The average Bonchev–Trinajstić information content (AvgIpc) is 2.11. The van der Waals surface area contributed by atoms with Crippen LogP contribution in [0.25, 0.3) is 0 Å². The molecule has 0 saturated heterocycles. The van der Waals surface area contributed by atoms with Gasteiger partial charge in [-0.2, -0.15) is 0 Å². The molecular formula is C10H17NO2. The third-order valence-corrected chi connectivity index (χ3v) is 1.37. The molecule has 0 heterocycles. The van der Waals surface area contributed by atoms with Crippen LogP contribution in [0.1, 0.15) is 12.5 Å². The number of hydrogen-bond donors (Lipinski definition) is 3. The summed E-state index contributed by atoms with van der Waals surface area (Å²) in [6.45, 7) is 2.59. The lowest BCUT2D eigenvalue weighted by molar-refractivity contribution is 0.318. The van der Waals surface area contributed by atoms with Crippen molar-refractivity contribution in [3.05, 3.63) is 29.8 Å². The van der Waals surface area contributed by atoms with Gasteiger partial charge in [-0.05, 0) is 37.6 Å². The molecule has 0 aliphatic heterocycles. The zero-order valence-corrected chi connectivity index (χ0v) is 7.90. The average molecular weight is 183 g/mol. The van der Waals surface area contributed by atoms with Crippen molar-refractivity contribution in [2.24, 2.45) is 5.73 Å². The highest BCUT2D eigenvalue weighted by molar-refractivity contribution is 5.25. The summed E-state index contributed by atoms with van der Waals surface area (Å²) in [4.78, 5) is 0. The van der Waals surface area contributed by atoms with E-state index < -0.39 is 0 Å². The van der Waals surface area contributed by atoms with Gasteiger partial charge in [-0.1, -0.05) is 12.1 Å². The number of nitrogens with two attached hydrogens (primary N) is 1. The molecule has 3 nitrogen and oxygen atoms in total. The molecule has 13 heavy (non-hydrogen) atoms. The lowest BCUT2D eigenvalue weighted by atomic mass is 10.1. The maximum atomic E-state index is 8.89. The Morgan fingerprint density at radius 2 is 1.69 bits per heavy atom. The zero-order valence-electron chi connectivity index (χ0n) is 7.90. The Morgan fingerprint density at radius 1 is 1.23 bits per heavy atom. The summed E-state index contributed by atoms with van der Waals surface area (Å²) < 4.78 is 0. The van der Waals surface area contributed by atoms with Gasteiger partial charge >= 0.3 is 0 Å². The van der Waals surface area contributed by atoms with Gasteiger partial charge in [0.2, 0.25) is 0 Å². The highest BCUT2D eigenvalue weighted by Crippen LogP contribution is 2.09. The Bertz CT molecular complexity index is 209. The molecule has 0 fully saturated rings. The van der Waals surface area contributed by atoms with Crippen molar-refractivity contribution in [2.75, 3.05) is 13.2 Å². The number of aliphatic hydroxyl groups is 1. The number of benzene rings is 1. The molecule has 0 unspecified atom stereocenters. The summed E-state index contributed by atoms with van der Waals surface area (Å²) in [5.41, 5.74) is 6.50. The fourth-order valence-corrected chi connectivity index (χ4v) is 0.829. The van der Waals surface area contributed by atoms with E-state index in [9.17, 15) is 0 Å². The molecule has 0 aromatic heterocycles. The number of aromatic hydroxyl groups is 1. The quantitative estimate of drug-likeness (QED) is 0.638. The van der Waals surface area contributed by atoms with E-state index in [1.807, 2.05) is 12.1 Å². The van der Waals surface area contributed by atoms with Gasteiger partial charge < -0.3 is 15.9 Å². The van der Waals surface area contributed by atoms with E-state index in [0.717, 1.165) is 6.42 Å². The number of phenolic OH excluding ortho intramolecular Hbond substituents is 1. The van der Waals surface area contributed by atoms with Gasteiger partial charge in [-0.3, -0.25) is 0 Å². The van der Waals surface area contributed by atoms with E-state index in [1.165, 1.54) is 5.56 Å². The van der Waals surface area contributed by atoms with Gasteiger partial charge in [-0.25, -0.2) is 0 Å². The van der Waals surface area contributed by atoms with Crippen LogP contribution in [0, 0.1) is 0 Å². The van der Waals surface area contributed by atoms with Crippen LogP contribution in [0.15, 0.2) is 24.3 Å². The molecule has 3 heteroatoms. The van der Waals surface area contributed by atoms with Crippen LogP contribution < -0.4 is 5.73 Å². The van der Waals surface area contributed by atoms with Crippen molar-refractivity contribution < 1.29 is 10.2 Å². The predicted octanol–water partition coefficient (Wildman–Crippen LogP) is 0.892. The van der Waals surface area contributed by atoms with Crippen molar-refractivity contribution in [1.82, 2.24) is 0 Å². The minimum Gasteiger partial charge on any atom is -0.508 e. The van der Waals surface area contributed by atoms with Crippen LogP contribution in [-0.2, 0) is 6.42 Å². The van der Waals surface area contributed by atoms with Crippen LogP contribution in [0.2, 0.25) is 0 Å². The molecule has 0 bridgehead atoms. The fraction of sp³-hybridized carbons (Fsp3) is 0.400. The molecule has 0 aliphatic carbocycles. The van der Waals surface area contributed by atoms with Gasteiger partial charge in [-0.15, -0.1) is 0 Å². The number of rotatable bonds is 2. The maximum absolute atomic E-state index is 8.89. The maximum Gasteiger partial charge on any atom is 0.115 e. The summed E-state index contributed by atoms with van der Waals surface area (Å²) in [6, 6.07) is 7.10. The standard InChI is InChI=1S/C8H11NO.C2H6O/c9-6-5-7-1-3-8(10)4-2-7;1-2-3/h1-4,10H,5-6,9H2;3H,2H2,1H3. The third-order valence-electron chi connectivity index (χ3n) is 1.37. The first kappa shape index (κ1) is 11.9. The van der Waals surface area contributed by atoms with Gasteiger partial charge in [0, 0.05) is 6.61 Å². The molecule has 0 atom stereocenters. The molecule has 0 spiro atoms. The molecule has 0 saturated carbocycles. The molecular weight excluding hydrogens is 166 g/mol. The smallest absolute Gasteiger partial charge is 0.115 e. The second-order valence-electron chi connectivity index (χ2n) is 2.52. The normalized spacial score (nSPS) is 8.85. The fourth-order valence-electron chi connectivity index (χ4n) is 0.829. The summed E-state index contributed by atoms with van der Waals surface area (Å²) in [5, 5.41) is 16.5. The van der Waals surface area contributed by atoms with E-state index in [-0.39, 0.29) is 6.61 Å². The van der Waals surface area contributed by atoms with Gasteiger partial charge in [0.1, 0.15) is 5.75 Å². The predicted molar refractivity (Wildman–Crippen MR) is 53.6 cm³/mol. The molecule has 4 N–H and O–H groups in total. The van der Waals surface area contributed by atoms with E-state index >= 15 is 0 Å². The number of hydrogen-bond acceptors (Lipinski definition) is 3. The van der Waals surface area contributed by atoms with Crippen LogP contribution >= 0.6 is 0 Å². The minimum atomic E-state index is 0.250. The highest BCUT2D eigenvalue weighted by atomic mass is 16.3. The first-order valence-electron chi connectivity index (χ1n) is 4.33. The monoisotopic (exact) mass is 183 g/mol. The van der Waals surface area contributed by atoms with Gasteiger partial charge in [0.25, 0.3) is 0 Å². The Labute approximate surface area is 78.8 Å². The molecule has 0 amide bonds. The lowest BCUT2D eigenvalue weighted by Crippen LogP contribution is -2.01. The van der Waals surface area contributed by atoms with E-state index in [4.69, 9.17) is 15.9 Å². The molecule has 1 aromatic rings. The van der Waals surface area contributed by atoms with Crippen LogP contribution in [-0.4, -0.2) is 23.4 Å². The summed E-state index contributed by atoms with van der Waals surface area (Å²) in [5.74, 6) is 0.306. The Hall–Kier alpha value is -1.06. The van der Waals surface area contributed by atoms with E-state index in [2.05, 4.69) is 0 Å². The van der Waals surface area contributed by atoms with Crippen molar-refractivity contribution in [3.8, 4) is 5.75 Å². The molecule has 1 aromatic carbocycles. The zero-order chi connectivity index (χ0) is 10.1. The van der Waals surface area contributed by atoms with Crippen LogP contribution in [0.4, 0.5) is 0 Å². The molecule has 0 radical (unpaired) electrons.